The third-order valence-electron chi connectivity index (χ3n) is 14.4. The molecule has 0 heterocycles. The van der Waals surface area contributed by atoms with E-state index in [2.05, 4.69) is 207 Å². The Bertz CT molecular complexity index is 3160. The fourth-order valence-electron chi connectivity index (χ4n) is 11.7. The molecule has 0 radical (unpaired) electrons. The van der Waals surface area contributed by atoms with Gasteiger partial charge in [0.05, 0.1) is 0 Å². The number of hydrogen-bond acceptors (Lipinski definition) is 1. The molecule has 288 valence electrons. The average Bonchev–Trinajstić information content (AvgIpc) is 3.70. The summed E-state index contributed by atoms with van der Waals surface area (Å²) in [5, 5.41) is 5.10. The van der Waals surface area contributed by atoms with Crippen LogP contribution in [-0.2, 0) is 10.8 Å². The van der Waals surface area contributed by atoms with E-state index in [0.717, 1.165) is 5.69 Å². The van der Waals surface area contributed by atoms with Gasteiger partial charge >= 0.3 is 0 Å². The molecule has 1 fully saturated rings. The van der Waals surface area contributed by atoms with E-state index in [9.17, 15) is 0 Å². The van der Waals surface area contributed by atoms with Gasteiger partial charge in [0.25, 0.3) is 0 Å². The van der Waals surface area contributed by atoms with E-state index in [1.165, 1.54) is 132 Å². The standard InChI is InChI=1S/C59H47N/c1-58(2)54-23-10-8-20-50(54)53-22-14-21-52(57(53)58)48-18-7-6-17-46(48)40-27-29-42(30-28-40)60(43-31-33-47-41(37-43)26-25-39-15-4-5-16-45(39)47)44-32-34-51-49-19-9-11-24-55(49)59(56(51)38-44)35-12-3-13-36-59/h4-11,14-34,37-38H,3,12-13,35-36H2,1-2H3. The maximum absolute atomic E-state index is 2.55. The van der Waals surface area contributed by atoms with Crippen LogP contribution in [0.3, 0.4) is 0 Å². The number of benzene rings is 9. The van der Waals surface area contributed by atoms with Crippen LogP contribution in [0.5, 0.6) is 0 Å². The number of anilines is 3. The van der Waals surface area contributed by atoms with Crippen molar-refractivity contribution >= 4 is 38.6 Å². The van der Waals surface area contributed by atoms with E-state index >= 15 is 0 Å². The molecular formula is C59H47N. The molecule has 0 aromatic heterocycles. The quantitative estimate of drug-likeness (QED) is 0.158. The van der Waals surface area contributed by atoms with Crippen molar-refractivity contribution in [3.63, 3.8) is 0 Å². The Labute approximate surface area is 353 Å². The molecule has 0 aliphatic heterocycles. The van der Waals surface area contributed by atoms with E-state index in [0.29, 0.717) is 0 Å². The normalized spacial score (nSPS) is 15.4. The Hall–Kier alpha value is -6.70. The lowest BCUT2D eigenvalue weighted by Crippen LogP contribution is -2.28. The smallest absolute Gasteiger partial charge is 0.0468 e. The largest absolute Gasteiger partial charge is 0.310 e. The summed E-state index contributed by atoms with van der Waals surface area (Å²) in [5.74, 6) is 0. The van der Waals surface area contributed by atoms with Gasteiger partial charge in [-0.3, -0.25) is 0 Å². The first kappa shape index (κ1) is 35.3. The summed E-state index contributed by atoms with van der Waals surface area (Å²) in [5.41, 5.74) is 20.0. The Morgan fingerprint density at radius 1 is 0.367 bits per heavy atom. The van der Waals surface area contributed by atoms with Gasteiger partial charge in [-0.25, -0.2) is 0 Å². The molecule has 9 aromatic rings. The van der Waals surface area contributed by atoms with Crippen molar-refractivity contribution in [2.45, 2.75) is 56.8 Å². The number of nitrogens with zero attached hydrogens (tertiary/aromatic N) is 1. The molecule has 0 N–H and O–H groups in total. The van der Waals surface area contributed by atoms with Gasteiger partial charge in [-0.1, -0.05) is 185 Å². The number of hydrogen-bond donors (Lipinski definition) is 0. The van der Waals surface area contributed by atoms with Gasteiger partial charge in [0, 0.05) is 27.9 Å². The molecular weight excluding hydrogens is 723 g/mol. The third kappa shape index (κ3) is 5.18. The topological polar surface area (TPSA) is 3.24 Å². The third-order valence-corrected chi connectivity index (χ3v) is 14.4. The highest BCUT2D eigenvalue weighted by Crippen LogP contribution is 2.57. The Balaban J connectivity index is 1.00. The number of rotatable bonds is 5. The van der Waals surface area contributed by atoms with E-state index in [1.807, 2.05) is 0 Å². The van der Waals surface area contributed by atoms with Crippen LogP contribution < -0.4 is 4.90 Å². The molecule has 60 heavy (non-hydrogen) atoms. The fourth-order valence-corrected chi connectivity index (χ4v) is 11.7. The van der Waals surface area contributed by atoms with Gasteiger partial charge in [0.15, 0.2) is 0 Å². The molecule has 0 saturated heterocycles. The Morgan fingerprint density at radius 2 is 0.917 bits per heavy atom. The first-order valence-electron chi connectivity index (χ1n) is 21.9. The van der Waals surface area contributed by atoms with Crippen LogP contribution in [0, 0.1) is 0 Å². The highest BCUT2D eigenvalue weighted by Gasteiger charge is 2.44. The van der Waals surface area contributed by atoms with Crippen molar-refractivity contribution in [2.75, 3.05) is 4.90 Å². The second kappa shape index (κ2) is 13.4. The summed E-state index contributed by atoms with van der Waals surface area (Å²) in [4.78, 5) is 2.49. The maximum Gasteiger partial charge on any atom is 0.0468 e. The summed E-state index contributed by atoms with van der Waals surface area (Å²) in [6, 6.07) is 71.0. The lowest BCUT2D eigenvalue weighted by atomic mass is 9.68. The van der Waals surface area contributed by atoms with Crippen molar-refractivity contribution in [3.05, 3.63) is 210 Å². The zero-order valence-corrected chi connectivity index (χ0v) is 34.4. The SMILES string of the molecule is CC1(C)c2ccccc2-c2cccc(-c3ccccc3-c3ccc(N(c4ccc5c(c4)C4(CCCCC4)c4ccccc4-5)c4ccc5c(ccc6ccccc65)c4)cc3)c21. The molecule has 0 unspecified atom stereocenters. The molecule has 1 spiro atoms. The molecule has 1 heteroatoms. The van der Waals surface area contributed by atoms with Gasteiger partial charge in [-0.05, 0) is 138 Å². The van der Waals surface area contributed by atoms with Crippen molar-refractivity contribution in [1.82, 2.24) is 0 Å². The molecule has 0 atom stereocenters. The predicted octanol–water partition coefficient (Wildman–Crippen LogP) is 16.3. The molecule has 1 nitrogen and oxygen atoms in total. The minimum Gasteiger partial charge on any atom is -0.310 e. The molecule has 1 saturated carbocycles. The predicted molar refractivity (Wildman–Crippen MR) is 254 cm³/mol. The van der Waals surface area contributed by atoms with Gasteiger partial charge in [0.2, 0.25) is 0 Å². The minimum atomic E-state index is -0.0977. The first-order chi connectivity index (χ1) is 29.5. The fraction of sp³-hybridized carbons (Fsp3) is 0.153. The second-order valence-corrected chi connectivity index (χ2v) is 17.9. The first-order valence-corrected chi connectivity index (χ1v) is 21.9. The van der Waals surface area contributed by atoms with E-state index in [1.54, 1.807) is 0 Å². The second-order valence-electron chi connectivity index (χ2n) is 17.9. The summed E-state index contributed by atoms with van der Waals surface area (Å²) in [6.45, 7) is 4.77. The maximum atomic E-state index is 2.55. The van der Waals surface area contributed by atoms with Crippen LogP contribution in [0.15, 0.2) is 188 Å². The van der Waals surface area contributed by atoms with Crippen LogP contribution in [0.1, 0.15) is 68.2 Å². The van der Waals surface area contributed by atoms with Crippen LogP contribution in [-0.4, -0.2) is 0 Å². The lowest BCUT2D eigenvalue weighted by molar-refractivity contribution is 0.353. The van der Waals surface area contributed by atoms with Crippen LogP contribution in [0.25, 0.3) is 66.1 Å². The van der Waals surface area contributed by atoms with Gasteiger partial charge in [-0.2, -0.15) is 0 Å². The highest BCUT2D eigenvalue weighted by molar-refractivity contribution is 6.08. The van der Waals surface area contributed by atoms with Crippen molar-refractivity contribution in [3.8, 4) is 44.5 Å². The van der Waals surface area contributed by atoms with Gasteiger partial charge in [0.1, 0.15) is 0 Å². The Morgan fingerprint density at radius 3 is 1.72 bits per heavy atom. The summed E-state index contributed by atoms with van der Waals surface area (Å²) >= 11 is 0. The minimum absolute atomic E-state index is 0.0786. The molecule has 0 bridgehead atoms. The van der Waals surface area contributed by atoms with E-state index < -0.39 is 0 Å². The Kier molecular flexibility index (Phi) is 7.88. The zero-order chi connectivity index (χ0) is 40.0. The van der Waals surface area contributed by atoms with E-state index in [4.69, 9.17) is 0 Å². The zero-order valence-electron chi connectivity index (χ0n) is 34.4. The molecule has 12 rings (SSSR count). The van der Waals surface area contributed by atoms with Gasteiger partial charge in [-0.15, -0.1) is 0 Å². The highest BCUT2D eigenvalue weighted by atomic mass is 15.1. The summed E-state index contributed by atoms with van der Waals surface area (Å²) in [7, 11) is 0. The van der Waals surface area contributed by atoms with Crippen LogP contribution in [0.4, 0.5) is 17.1 Å². The summed E-state index contributed by atoms with van der Waals surface area (Å²) < 4.78 is 0. The van der Waals surface area contributed by atoms with Crippen molar-refractivity contribution < 1.29 is 0 Å². The lowest BCUT2D eigenvalue weighted by Gasteiger charge is -2.36. The molecule has 3 aliphatic rings. The van der Waals surface area contributed by atoms with Crippen molar-refractivity contribution in [2.24, 2.45) is 0 Å². The number of fused-ring (bicyclic) bond motifs is 11. The average molecular weight is 770 g/mol. The molecule has 3 aliphatic carbocycles. The van der Waals surface area contributed by atoms with Crippen LogP contribution >= 0.6 is 0 Å². The monoisotopic (exact) mass is 769 g/mol. The molecule has 9 aromatic carbocycles. The van der Waals surface area contributed by atoms with Crippen LogP contribution in [0.2, 0.25) is 0 Å². The molecule has 0 amide bonds. The van der Waals surface area contributed by atoms with Gasteiger partial charge < -0.3 is 4.90 Å². The van der Waals surface area contributed by atoms with Crippen molar-refractivity contribution in [1.29, 1.82) is 0 Å². The van der Waals surface area contributed by atoms with E-state index in [-0.39, 0.29) is 10.8 Å². The summed E-state index contributed by atoms with van der Waals surface area (Å²) in [6.07, 6.45) is 6.31.